The molecule has 0 fully saturated rings. The molecule has 1 atom stereocenters. The first-order valence-corrected chi connectivity index (χ1v) is 7.02. The third-order valence-electron chi connectivity index (χ3n) is 2.15. The number of ether oxygens (including phenoxy) is 1. The van der Waals surface area contributed by atoms with Crippen molar-refractivity contribution in [2.75, 3.05) is 43.3 Å². The molecule has 0 amide bonds. The number of hydrogen-bond acceptors (Lipinski definition) is 6. The highest BCUT2D eigenvalue weighted by Crippen LogP contribution is 2.28. The van der Waals surface area contributed by atoms with E-state index >= 15 is 0 Å². The molecule has 96 valence electrons. The van der Waals surface area contributed by atoms with E-state index in [1.54, 1.807) is 20.4 Å². The minimum atomic E-state index is -0.753. The van der Waals surface area contributed by atoms with Crippen molar-refractivity contribution in [3.05, 3.63) is 6.33 Å². The number of nitrogens with one attached hydrogen (secondary N) is 2. The zero-order valence-electron chi connectivity index (χ0n) is 10.3. The fourth-order valence-corrected chi connectivity index (χ4v) is 1.90. The highest BCUT2D eigenvalue weighted by molar-refractivity contribution is 7.84. The van der Waals surface area contributed by atoms with Gasteiger partial charge in [-0.2, -0.15) is 0 Å². The van der Waals surface area contributed by atoms with Gasteiger partial charge in [-0.15, -0.1) is 0 Å². The molecule has 17 heavy (non-hydrogen) atoms. The Balaban J connectivity index is 2.60. The first-order valence-electron chi connectivity index (χ1n) is 5.29. The second-order valence-corrected chi connectivity index (χ2v) is 4.97. The van der Waals surface area contributed by atoms with Crippen molar-refractivity contribution in [1.29, 1.82) is 0 Å². The van der Waals surface area contributed by atoms with E-state index in [2.05, 4.69) is 20.6 Å². The molecular weight excluding hydrogens is 240 g/mol. The van der Waals surface area contributed by atoms with Gasteiger partial charge in [-0.3, -0.25) is 4.21 Å². The number of hydrogen-bond donors (Lipinski definition) is 2. The van der Waals surface area contributed by atoms with Gasteiger partial charge in [-0.1, -0.05) is 0 Å². The SMILES string of the molecule is CNc1ncnc(NCCCS(C)=O)c1OC. The molecule has 0 aliphatic carbocycles. The van der Waals surface area contributed by atoms with Crippen LogP contribution in [0.1, 0.15) is 6.42 Å². The molecule has 1 aromatic rings. The van der Waals surface area contributed by atoms with Crippen molar-refractivity contribution in [1.82, 2.24) is 9.97 Å². The molecule has 6 nitrogen and oxygen atoms in total. The Kier molecular flexibility index (Phi) is 5.68. The summed E-state index contributed by atoms with van der Waals surface area (Å²) in [5, 5.41) is 6.07. The van der Waals surface area contributed by atoms with Crippen molar-refractivity contribution in [2.45, 2.75) is 6.42 Å². The molecule has 1 aromatic heterocycles. The topological polar surface area (TPSA) is 76.1 Å². The van der Waals surface area contributed by atoms with Crippen LogP contribution in [0.3, 0.4) is 0 Å². The Bertz CT molecular complexity index is 387. The fourth-order valence-electron chi connectivity index (χ4n) is 1.35. The lowest BCUT2D eigenvalue weighted by molar-refractivity contribution is 0.415. The Morgan fingerprint density at radius 3 is 2.71 bits per heavy atom. The third-order valence-corrected chi connectivity index (χ3v) is 3.01. The van der Waals surface area contributed by atoms with Gasteiger partial charge in [0.1, 0.15) is 6.33 Å². The maximum Gasteiger partial charge on any atom is 0.204 e. The molecule has 1 heterocycles. The van der Waals surface area contributed by atoms with Gasteiger partial charge in [0.15, 0.2) is 11.6 Å². The van der Waals surface area contributed by atoms with Gasteiger partial charge >= 0.3 is 0 Å². The van der Waals surface area contributed by atoms with Gasteiger partial charge in [-0.05, 0) is 6.42 Å². The minimum absolute atomic E-state index is 0.590. The largest absolute Gasteiger partial charge is 0.490 e. The summed E-state index contributed by atoms with van der Waals surface area (Å²) in [7, 11) is 2.59. The lowest BCUT2D eigenvalue weighted by atomic mass is 10.4. The van der Waals surface area contributed by atoms with Gasteiger partial charge in [0, 0.05) is 36.4 Å². The lowest BCUT2D eigenvalue weighted by Crippen LogP contribution is -2.09. The van der Waals surface area contributed by atoms with Crippen molar-refractivity contribution < 1.29 is 8.95 Å². The maximum absolute atomic E-state index is 10.9. The standard InChI is InChI=1S/C10H18N4O2S/c1-11-9-8(16-2)10(14-7-13-9)12-5-4-6-17(3)15/h7H,4-6H2,1-3H3,(H2,11,12,13,14). The van der Waals surface area contributed by atoms with Gasteiger partial charge in [0.2, 0.25) is 5.75 Å². The van der Waals surface area contributed by atoms with E-state index in [0.717, 1.165) is 6.42 Å². The minimum Gasteiger partial charge on any atom is -0.490 e. The van der Waals surface area contributed by atoms with E-state index in [4.69, 9.17) is 4.74 Å². The Morgan fingerprint density at radius 2 is 2.12 bits per heavy atom. The van der Waals surface area contributed by atoms with E-state index < -0.39 is 10.8 Å². The van der Waals surface area contributed by atoms with E-state index in [-0.39, 0.29) is 0 Å². The zero-order chi connectivity index (χ0) is 12.7. The van der Waals surface area contributed by atoms with Crippen LogP contribution in [-0.4, -0.2) is 46.9 Å². The number of nitrogens with zero attached hydrogens (tertiary/aromatic N) is 2. The fraction of sp³-hybridized carbons (Fsp3) is 0.600. The summed E-state index contributed by atoms with van der Waals surface area (Å²) in [5.74, 6) is 2.56. The van der Waals surface area contributed by atoms with Gasteiger partial charge in [-0.25, -0.2) is 9.97 Å². The van der Waals surface area contributed by atoms with E-state index in [0.29, 0.717) is 29.7 Å². The third kappa shape index (κ3) is 4.18. The summed E-state index contributed by atoms with van der Waals surface area (Å²) < 4.78 is 16.1. The molecule has 0 aromatic carbocycles. The summed E-state index contributed by atoms with van der Waals surface area (Å²) in [6, 6.07) is 0. The molecule has 0 spiro atoms. The molecule has 1 rings (SSSR count). The first-order chi connectivity index (χ1) is 8.19. The molecule has 0 bridgehead atoms. The van der Waals surface area contributed by atoms with Crippen molar-refractivity contribution in [3.63, 3.8) is 0 Å². The molecule has 2 N–H and O–H groups in total. The van der Waals surface area contributed by atoms with Crippen LogP contribution in [0.2, 0.25) is 0 Å². The van der Waals surface area contributed by atoms with Crippen LogP contribution in [0.25, 0.3) is 0 Å². The average molecular weight is 258 g/mol. The molecular formula is C10H18N4O2S. The van der Waals surface area contributed by atoms with Crippen LogP contribution < -0.4 is 15.4 Å². The normalized spacial score (nSPS) is 11.9. The van der Waals surface area contributed by atoms with Crippen LogP contribution in [-0.2, 0) is 10.8 Å². The maximum atomic E-state index is 10.9. The van der Waals surface area contributed by atoms with Crippen LogP contribution >= 0.6 is 0 Å². The number of methoxy groups -OCH3 is 1. The lowest BCUT2D eigenvalue weighted by Gasteiger charge is -2.12. The quantitative estimate of drug-likeness (QED) is 0.701. The molecule has 7 heteroatoms. The summed E-state index contributed by atoms with van der Waals surface area (Å²) >= 11 is 0. The van der Waals surface area contributed by atoms with E-state index in [1.165, 1.54) is 6.33 Å². The van der Waals surface area contributed by atoms with Gasteiger partial charge in [0.05, 0.1) is 7.11 Å². The highest BCUT2D eigenvalue weighted by Gasteiger charge is 2.09. The molecule has 0 radical (unpaired) electrons. The zero-order valence-corrected chi connectivity index (χ0v) is 11.1. The molecule has 0 saturated heterocycles. The van der Waals surface area contributed by atoms with Crippen LogP contribution in [0.15, 0.2) is 6.33 Å². The van der Waals surface area contributed by atoms with Crippen LogP contribution in [0.5, 0.6) is 5.75 Å². The van der Waals surface area contributed by atoms with Crippen molar-refractivity contribution in [2.24, 2.45) is 0 Å². The highest BCUT2D eigenvalue weighted by atomic mass is 32.2. The first kappa shape index (κ1) is 13.7. The second-order valence-electron chi connectivity index (χ2n) is 3.41. The Labute approximate surface area is 104 Å². The predicted octanol–water partition coefficient (Wildman–Crippen LogP) is 0.707. The van der Waals surface area contributed by atoms with Crippen LogP contribution in [0, 0.1) is 0 Å². The summed E-state index contributed by atoms with van der Waals surface area (Å²) in [5.41, 5.74) is 0. The van der Waals surface area contributed by atoms with E-state index in [9.17, 15) is 4.21 Å². The number of rotatable bonds is 7. The average Bonchev–Trinajstić information content (AvgIpc) is 2.33. The van der Waals surface area contributed by atoms with Crippen molar-refractivity contribution >= 4 is 22.4 Å². The monoisotopic (exact) mass is 258 g/mol. The Hall–Kier alpha value is -1.37. The van der Waals surface area contributed by atoms with Crippen molar-refractivity contribution in [3.8, 4) is 5.75 Å². The summed E-state index contributed by atoms with van der Waals surface area (Å²) in [6.07, 6.45) is 3.99. The van der Waals surface area contributed by atoms with Gasteiger partial charge < -0.3 is 15.4 Å². The van der Waals surface area contributed by atoms with Gasteiger partial charge in [0.25, 0.3) is 0 Å². The van der Waals surface area contributed by atoms with Crippen LogP contribution in [0.4, 0.5) is 11.6 Å². The molecule has 1 unspecified atom stereocenters. The number of anilines is 2. The smallest absolute Gasteiger partial charge is 0.204 e. The predicted molar refractivity (Wildman–Crippen MR) is 70.2 cm³/mol. The molecule has 0 saturated carbocycles. The summed E-state index contributed by atoms with van der Waals surface area (Å²) in [4.78, 5) is 8.16. The number of aromatic nitrogens is 2. The Morgan fingerprint density at radius 1 is 1.41 bits per heavy atom. The molecule has 0 aliphatic rings. The van der Waals surface area contributed by atoms with E-state index in [1.807, 2.05) is 0 Å². The molecule has 0 aliphatic heterocycles. The second kappa shape index (κ2) is 7.05. The summed E-state index contributed by atoms with van der Waals surface area (Å²) in [6.45, 7) is 0.704.